The molecule has 0 aliphatic carbocycles. The summed E-state index contributed by atoms with van der Waals surface area (Å²) in [5, 5.41) is 8.72. The summed E-state index contributed by atoms with van der Waals surface area (Å²) in [5.74, 6) is 0. The second kappa shape index (κ2) is 6.97. The number of nitrogens with zero attached hydrogens (tertiary/aromatic N) is 1. The molecule has 0 N–H and O–H groups in total. The predicted molar refractivity (Wildman–Crippen MR) is 69.2 cm³/mol. The van der Waals surface area contributed by atoms with Crippen LogP contribution in [0.5, 0.6) is 0 Å². The zero-order chi connectivity index (χ0) is 12.5. The molecule has 0 aromatic heterocycles. The first-order chi connectivity index (χ1) is 8.31. The smallest absolute Gasteiger partial charge is 0.142 e. The van der Waals surface area contributed by atoms with Crippen LogP contribution in [-0.4, -0.2) is 6.29 Å². The van der Waals surface area contributed by atoms with Crippen molar-refractivity contribution in [2.45, 2.75) is 6.92 Å². The molecule has 0 amide bonds. The molecule has 2 nitrogen and oxygen atoms in total. The van der Waals surface area contributed by atoms with Crippen LogP contribution >= 0.6 is 0 Å². The number of carbonyl (C=O) groups is 1. The van der Waals surface area contributed by atoms with E-state index >= 15 is 0 Å². The molecule has 0 atom stereocenters. The highest BCUT2D eigenvalue weighted by Gasteiger charge is 1.96. The lowest BCUT2D eigenvalue weighted by Crippen LogP contribution is -1.81. The second-order valence-electron chi connectivity index (χ2n) is 3.33. The maximum Gasteiger partial charge on any atom is 0.142 e. The Morgan fingerprint density at radius 2 is 1.94 bits per heavy atom. The molecular formula is C15H13NO. The summed E-state index contributed by atoms with van der Waals surface area (Å²) >= 11 is 0. The Morgan fingerprint density at radius 1 is 1.24 bits per heavy atom. The summed E-state index contributed by atoms with van der Waals surface area (Å²) in [7, 11) is 0. The summed E-state index contributed by atoms with van der Waals surface area (Å²) in [6.45, 7) is 1.93. The van der Waals surface area contributed by atoms with Gasteiger partial charge in [-0.1, -0.05) is 36.4 Å². The highest BCUT2D eigenvalue weighted by Crippen LogP contribution is 2.16. The minimum Gasteiger partial charge on any atom is -0.299 e. The normalized spacial score (nSPS) is 11.9. The number of rotatable bonds is 4. The topological polar surface area (TPSA) is 40.9 Å². The quantitative estimate of drug-likeness (QED) is 0.446. The van der Waals surface area contributed by atoms with Crippen molar-refractivity contribution >= 4 is 11.9 Å². The van der Waals surface area contributed by atoms with Crippen LogP contribution in [0.4, 0.5) is 0 Å². The van der Waals surface area contributed by atoms with Gasteiger partial charge in [0.1, 0.15) is 6.29 Å². The molecule has 0 saturated heterocycles. The van der Waals surface area contributed by atoms with Crippen LogP contribution in [0.3, 0.4) is 0 Å². The van der Waals surface area contributed by atoms with Crippen LogP contribution < -0.4 is 0 Å². The van der Waals surface area contributed by atoms with Gasteiger partial charge in [0.05, 0.1) is 11.6 Å². The largest absolute Gasteiger partial charge is 0.299 e. The molecule has 1 aromatic carbocycles. The maximum atomic E-state index is 10.2. The molecular weight excluding hydrogens is 210 g/mol. The van der Waals surface area contributed by atoms with Crippen molar-refractivity contribution in [2.24, 2.45) is 0 Å². The molecule has 0 spiro atoms. The first-order valence-electron chi connectivity index (χ1n) is 5.27. The average Bonchev–Trinajstić information content (AvgIpc) is 2.38. The van der Waals surface area contributed by atoms with Crippen LogP contribution in [0.2, 0.25) is 0 Å². The number of allylic oxidation sites excluding steroid dienone is 6. The van der Waals surface area contributed by atoms with E-state index in [2.05, 4.69) is 6.07 Å². The van der Waals surface area contributed by atoms with Crippen molar-refractivity contribution in [3.05, 3.63) is 65.8 Å². The van der Waals surface area contributed by atoms with Crippen LogP contribution in [0.15, 0.2) is 54.6 Å². The monoisotopic (exact) mass is 223 g/mol. The molecule has 0 radical (unpaired) electrons. The highest BCUT2D eigenvalue weighted by atomic mass is 16.1. The zero-order valence-electron chi connectivity index (χ0n) is 9.63. The Kier molecular flexibility index (Phi) is 5.19. The van der Waals surface area contributed by atoms with Crippen molar-refractivity contribution in [2.75, 3.05) is 0 Å². The predicted octanol–water partition coefficient (Wildman–Crippen LogP) is 3.27. The third-order valence-corrected chi connectivity index (χ3v) is 2.16. The molecule has 0 aliphatic heterocycles. The first-order valence-corrected chi connectivity index (χ1v) is 5.27. The lowest BCUT2D eigenvalue weighted by Gasteiger charge is -2.01. The van der Waals surface area contributed by atoms with Gasteiger partial charge >= 0.3 is 0 Å². The van der Waals surface area contributed by atoms with Crippen molar-refractivity contribution in [1.29, 1.82) is 5.26 Å². The van der Waals surface area contributed by atoms with Crippen molar-refractivity contribution < 1.29 is 4.79 Å². The van der Waals surface area contributed by atoms with Gasteiger partial charge in [-0.2, -0.15) is 5.26 Å². The standard InChI is InChI=1S/C15H13NO/c1-2-5-14(6-3-4-11-17)15-9-7-13(12-16)8-10-15/h2-11H,1H3/b4-3+,5-2-,14-6+. The van der Waals surface area contributed by atoms with Gasteiger partial charge < -0.3 is 0 Å². The number of hydrogen-bond acceptors (Lipinski definition) is 2. The molecule has 0 saturated carbocycles. The van der Waals surface area contributed by atoms with Crippen molar-refractivity contribution in [3.63, 3.8) is 0 Å². The van der Waals surface area contributed by atoms with Gasteiger partial charge in [-0.05, 0) is 36.3 Å². The fourth-order valence-corrected chi connectivity index (χ4v) is 1.37. The molecule has 0 unspecified atom stereocenters. The van der Waals surface area contributed by atoms with Gasteiger partial charge in [0.2, 0.25) is 0 Å². The zero-order valence-corrected chi connectivity index (χ0v) is 9.63. The van der Waals surface area contributed by atoms with E-state index in [1.165, 1.54) is 6.08 Å². The van der Waals surface area contributed by atoms with E-state index in [0.29, 0.717) is 5.56 Å². The molecule has 1 rings (SSSR count). The fraction of sp³-hybridized carbons (Fsp3) is 0.0667. The van der Waals surface area contributed by atoms with Gasteiger partial charge in [-0.3, -0.25) is 4.79 Å². The first kappa shape index (κ1) is 12.7. The summed E-state index contributed by atoms with van der Waals surface area (Å²) in [5.41, 5.74) is 2.64. The van der Waals surface area contributed by atoms with E-state index in [1.54, 1.807) is 18.2 Å². The third kappa shape index (κ3) is 3.92. The lowest BCUT2D eigenvalue weighted by molar-refractivity contribution is -0.104. The number of hydrogen-bond donors (Lipinski definition) is 0. The molecule has 2 heteroatoms. The summed E-state index contributed by atoms with van der Waals surface area (Å²) in [6.07, 6.45) is 9.61. The van der Waals surface area contributed by atoms with Gasteiger partial charge in [0.25, 0.3) is 0 Å². The number of aldehydes is 1. The number of benzene rings is 1. The Labute approximate surface area is 101 Å². The Hall–Kier alpha value is -2.40. The minimum absolute atomic E-state index is 0.636. The molecule has 0 bridgehead atoms. The SMILES string of the molecule is C\C=C/C(=C\C=C\C=O)c1ccc(C#N)cc1. The average molecular weight is 223 g/mol. The van der Waals surface area contributed by atoms with Crippen LogP contribution in [0, 0.1) is 11.3 Å². The Bertz CT molecular complexity index is 499. The molecule has 84 valence electrons. The fourth-order valence-electron chi connectivity index (χ4n) is 1.37. The van der Waals surface area contributed by atoms with E-state index in [-0.39, 0.29) is 0 Å². The molecule has 17 heavy (non-hydrogen) atoms. The molecule has 0 fully saturated rings. The van der Waals surface area contributed by atoms with Crippen molar-refractivity contribution in [3.8, 4) is 6.07 Å². The molecule has 0 heterocycles. The van der Waals surface area contributed by atoms with E-state index < -0.39 is 0 Å². The number of carbonyl (C=O) groups excluding carboxylic acids is 1. The van der Waals surface area contributed by atoms with Gasteiger partial charge in [0, 0.05) is 0 Å². The minimum atomic E-state index is 0.636. The number of nitriles is 1. The van der Waals surface area contributed by atoms with Crippen molar-refractivity contribution in [1.82, 2.24) is 0 Å². The van der Waals surface area contributed by atoms with Crippen LogP contribution in [-0.2, 0) is 4.79 Å². The van der Waals surface area contributed by atoms with Crippen LogP contribution in [0.25, 0.3) is 5.57 Å². The third-order valence-electron chi connectivity index (χ3n) is 2.16. The maximum absolute atomic E-state index is 10.2. The van der Waals surface area contributed by atoms with Gasteiger partial charge in [-0.15, -0.1) is 0 Å². The summed E-state index contributed by atoms with van der Waals surface area (Å²) in [6, 6.07) is 9.40. The van der Waals surface area contributed by atoms with E-state index in [9.17, 15) is 4.79 Å². The summed E-state index contributed by atoms with van der Waals surface area (Å²) < 4.78 is 0. The second-order valence-corrected chi connectivity index (χ2v) is 3.33. The van der Waals surface area contributed by atoms with E-state index in [0.717, 1.165) is 17.4 Å². The van der Waals surface area contributed by atoms with E-state index in [1.807, 2.05) is 37.3 Å². The van der Waals surface area contributed by atoms with E-state index in [4.69, 9.17) is 5.26 Å². The van der Waals surface area contributed by atoms with Crippen LogP contribution in [0.1, 0.15) is 18.1 Å². The molecule has 1 aromatic rings. The van der Waals surface area contributed by atoms with Gasteiger partial charge in [0.15, 0.2) is 0 Å². The Balaban J connectivity index is 3.05. The lowest BCUT2D eigenvalue weighted by atomic mass is 10.0. The van der Waals surface area contributed by atoms with Gasteiger partial charge in [-0.25, -0.2) is 0 Å². The summed E-state index contributed by atoms with van der Waals surface area (Å²) in [4.78, 5) is 10.2. The molecule has 0 aliphatic rings. The Morgan fingerprint density at radius 3 is 2.47 bits per heavy atom. The highest BCUT2D eigenvalue weighted by molar-refractivity contribution is 5.76.